The number of hydrogen-bond donors (Lipinski definition) is 2. The third kappa shape index (κ3) is 3.91. The Morgan fingerprint density at radius 3 is 2.73 bits per heavy atom. The largest absolute Gasteiger partial charge is 0.496 e. The number of aromatic nitrogens is 1. The number of fused-ring (bicyclic) bond motifs is 1. The summed E-state index contributed by atoms with van der Waals surface area (Å²) in [4.78, 5) is 5.33. The lowest BCUT2D eigenvalue weighted by Gasteiger charge is -2.30. The Bertz CT molecular complexity index is 1100. The van der Waals surface area contributed by atoms with Crippen molar-refractivity contribution in [2.75, 3.05) is 18.2 Å². The quantitative estimate of drug-likeness (QED) is 0.640. The lowest BCUT2D eigenvalue weighted by atomic mass is 10.1. The van der Waals surface area contributed by atoms with Gasteiger partial charge in [0.05, 0.1) is 19.2 Å². The van der Waals surface area contributed by atoms with Crippen LogP contribution in [0.15, 0.2) is 66.6 Å². The van der Waals surface area contributed by atoms with Crippen molar-refractivity contribution >= 4 is 22.4 Å². The van der Waals surface area contributed by atoms with Crippen molar-refractivity contribution in [3.8, 4) is 5.75 Å². The number of halogens is 3. The number of nitrogens with zero attached hydrogens (tertiary/aromatic N) is 2. The molecule has 30 heavy (non-hydrogen) atoms. The molecule has 0 radical (unpaired) electrons. The molecule has 1 aromatic heterocycles. The fourth-order valence-electron chi connectivity index (χ4n) is 3.30. The molecule has 3 N–H and O–H groups in total. The van der Waals surface area contributed by atoms with E-state index in [1.54, 1.807) is 54.6 Å². The van der Waals surface area contributed by atoms with Gasteiger partial charge in [0.25, 0.3) is 6.35 Å². The fraction of sp³-hybridized carbons (Fsp3) is 0.190. The summed E-state index contributed by atoms with van der Waals surface area (Å²) in [5, 5.41) is 3.81. The summed E-state index contributed by atoms with van der Waals surface area (Å²) < 4.78 is 51.4. The van der Waals surface area contributed by atoms with Crippen molar-refractivity contribution in [1.82, 2.24) is 9.88 Å². The molecule has 2 aromatic carbocycles. The summed E-state index contributed by atoms with van der Waals surface area (Å²) in [6.07, 6.45) is -4.88. The van der Waals surface area contributed by atoms with Crippen LogP contribution >= 0.6 is 0 Å². The van der Waals surface area contributed by atoms with Gasteiger partial charge in [0.1, 0.15) is 17.8 Å². The summed E-state index contributed by atoms with van der Waals surface area (Å²) in [6.45, 7) is -0.0569. The van der Waals surface area contributed by atoms with Crippen LogP contribution < -0.4 is 15.8 Å². The van der Waals surface area contributed by atoms with Gasteiger partial charge in [-0.25, -0.2) is 4.98 Å². The van der Waals surface area contributed by atoms with Crippen LogP contribution in [-0.4, -0.2) is 29.5 Å². The second-order valence-corrected chi connectivity index (χ2v) is 6.72. The Labute approximate surface area is 170 Å². The third-order valence-electron chi connectivity index (χ3n) is 4.73. The summed E-state index contributed by atoms with van der Waals surface area (Å²) in [6, 6.07) is 15.6. The first-order chi connectivity index (χ1) is 14.3. The van der Waals surface area contributed by atoms with Crippen LogP contribution in [0.2, 0.25) is 0 Å². The first-order valence-corrected chi connectivity index (χ1v) is 9.09. The van der Waals surface area contributed by atoms with Gasteiger partial charge in [-0.2, -0.15) is 13.2 Å². The Morgan fingerprint density at radius 2 is 1.97 bits per heavy atom. The van der Waals surface area contributed by atoms with Gasteiger partial charge in [-0.05, 0) is 36.4 Å². The number of methoxy groups -OCH3 is 1. The number of anilines is 2. The summed E-state index contributed by atoms with van der Waals surface area (Å²) in [5.74, 6) is 0.892. The molecule has 3 aromatic rings. The predicted octanol–water partition coefficient (Wildman–Crippen LogP) is 4.46. The average Bonchev–Trinajstić information content (AvgIpc) is 3.11. The van der Waals surface area contributed by atoms with Crippen molar-refractivity contribution in [1.29, 1.82) is 0 Å². The molecule has 0 amide bonds. The maximum atomic E-state index is 13.6. The molecular formula is C21H19F3N4O2. The van der Waals surface area contributed by atoms with Crippen molar-refractivity contribution < 1.29 is 22.6 Å². The number of rotatable bonds is 5. The number of allylic oxidation sites excluding steroid dienone is 1. The Hall–Kier alpha value is -3.62. The van der Waals surface area contributed by atoms with Gasteiger partial charge in [0.2, 0.25) is 0 Å². The summed E-state index contributed by atoms with van der Waals surface area (Å²) >= 11 is 0. The number of para-hydroxylation sites is 1. The number of alkyl halides is 3. The van der Waals surface area contributed by atoms with E-state index in [0.717, 1.165) is 16.5 Å². The SMILES string of the molecule is COc1ccccc1CN1C(C(F)(F)F)=COC1Nc1ccc2nc(N)ccc2c1. The molecule has 1 aliphatic rings. The smallest absolute Gasteiger partial charge is 0.434 e. The lowest BCUT2D eigenvalue weighted by molar-refractivity contribution is -0.114. The van der Waals surface area contributed by atoms with Crippen LogP contribution in [0.25, 0.3) is 10.9 Å². The second kappa shape index (κ2) is 7.66. The number of nitrogens with one attached hydrogen (secondary N) is 1. The second-order valence-electron chi connectivity index (χ2n) is 6.72. The van der Waals surface area contributed by atoms with Gasteiger partial charge in [0.15, 0.2) is 5.70 Å². The standard InChI is InChI=1S/C21H19F3N4O2/c1-29-17-5-3-2-4-14(17)11-28-18(21(22,23)24)12-30-20(28)26-15-7-8-16-13(10-15)6-9-19(25)27-16/h2-10,12,20,26H,11H2,1H3,(H2,25,27). The van der Waals surface area contributed by atoms with E-state index in [0.29, 0.717) is 28.3 Å². The van der Waals surface area contributed by atoms with Gasteiger partial charge in [-0.15, -0.1) is 0 Å². The van der Waals surface area contributed by atoms with Gasteiger partial charge >= 0.3 is 6.18 Å². The molecule has 0 spiro atoms. The van der Waals surface area contributed by atoms with Crippen molar-refractivity contribution in [3.05, 3.63) is 72.1 Å². The number of nitrogens with two attached hydrogens (primary N) is 1. The van der Waals surface area contributed by atoms with E-state index in [4.69, 9.17) is 15.2 Å². The van der Waals surface area contributed by atoms with Crippen molar-refractivity contribution in [2.45, 2.75) is 19.1 Å². The van der Waals surface area contributed by atoms with Crippen LogP contribution in [0.5, 0.6) is 5.75 Å². The van der Waals surface area contributed by atoms with E-state index in [9.17, 15) is 13.2 Å². The maximum Gasteiger partial charge on any atom is 0.434 e. The highest BCUT2D eigenvalue weighted by Gasteiger charge is 2.45. The molecule has 2 heterocycles. The minimum Gasteiger partial charge on any atom is -0.496 e. The Kier molecular flexibility index (Phi) is 5.03. The summed E-state index contributed by atoms with van der Waals surface area (Å²) in [7, 11) is 1.48. The van der Waals surface area contributed by atoms with E-state index in [-0.39, 0.29) is 6.54 Å². The summed E-state index contributed by atoms with van der Waals surface area (Å²) in [5.41, 5.74) is 6.69. The number of hydrogen-bond acceptors (Lipinski definition) is 6. The van der Waals surface area contributed by atoms with E-state index in [1.165, 1.54) is 7.11 Å². The topological polar surface area (TPSA) is 72.6 Å². The number of ether oxygens (including phenoxy) is 2. The molecule has 0 fully saturated rings. The fourth-order valence-corrected chi connectivity index (χ4v) is 3.30. The van der Waals surface area contributed by atoms with Gasteiger partial charge < -0.3 is 25.4 Å². The molecule has 1 unspecified atom stereocenters. The monoisotopic (exact) mass is 416 g/mol. The van der Waals surface area contributed by atoms with Crippen molar-refractivity contribution in [2.24, 2.45) is 0 Å². The average molecular weight is 416 g/mol. The highest BCUT2D eigenvalue weighted by Crippen LogP contribution is 2.37. The van der Waals surface area contributed by atoms with Crippen LogP contribution in [0.3, 0.4) is 0 Å². The number of pyridine rings is 1. The van der Waals surface area contributed by atoms with Crippen LogP contribution in [0.4, 0.5) is 24.7 Å². The van der Waals surface area contributed by atoms with E-state index < -0.39 is 18.2 Å². The molecular weight excluding hydrogens is 397 g/mol. The molecule has 0 bridgehead atoms. The Morgan fingerprint density at radius 1 is 1.17 bits per heavy atom. The normalized spacial score (nSPS) is 16.3. The van der Waals surface area contributed by atoms with Crippen LogP contribution in [-0.2, 0) is 11.3 Å². The molecule has 9 heteroatoms. The highest BCUT2D eigenvalue weighted by molar-refractivity contribution is 5.83. The lowest BCUT2D eigenvalue weighted by Crippen LogP contribution is -2.40. The molecule has 0 saturated heterocycles. The van der Waals surface area contributed by atoms with Crippen molar-refractivity contribution in [3.63, 3.8) is 0 Å². The predicted molar refractivity (Wildman–Crippen MR) is 107 cm³/mol. The first kappa shape index (κ1) is 19.7. The molecule has 0 saturated carbocycles. The zero-order valence-electron chi connectivity index (χ0n) is 16.0. The maximum absolute atomic E-state index is 13.6. The molecule has 6 nitrogen and oxygen atoms in total. The first-order valence-electron chi connectivity index (χ1n) is 9.09. The van der Waals surface area contributed by atoms with Crippen LogP contribution in [0, 0.1) is 0 Å². The molecule has 4 rings (SSSR count). The molecule has 1 aliphatic heterocycles. The zero-order valence-corrected chi connectivity index (χ0v) is 16.0. The van der Waals surface area contributed by atoms with E-state index in [2.05, 4.69) is 10.3 Å². The zero-order chi connectivity index (χ0) is 21.3. The highest BCUT2D eigenvalue weighted by atomic mass is 19.4. The number of benzene rings is 2. The Balaban J connectivity index is 1.62. The van der Waals surface area contributed by atoms with Gasteiger partial charge in [-0.1, -0.05) is 18.2 Å². The molecule has 1 atom stereocenters. The van der Waals surface area contributed by atoms with E-state index >= 15 is 0 Å². The van der Waals surface area contributed by atoms with Crippen LogP contribution in [0.1, 0.15) is 5.56 Å². The molecule has 0 aliphatic carbocycles. The van der Waals surface area contributed by atoms with E-state index in [1.807, 2.05) is 0 Å². The minimum absolute atomic E-state index is 0.0569. The number of nitrogen functional groups attached to an aromatic ring is 1. The molecule has 156 valence electrons. The minimum atomic E-state index is -4.57. The van der Waals surface area contributed by atoms with Gasteiger partial charge in [0, 0.05) is 16.6 Å². The van der Waals surface area contributed by atoms with Gasteiger partial charge in [-0.3, -0.25) is 0 Å². The third-order valence-corrected chi connectivity index (χ3v) is 4.73.